The summed E-state index contributed by atoms with van der Waals surface area (Å²) in [6.45, 7) is 0.435. The van der Waals surface area contributed by atoms with Gasteiger partial charge in [0, 0.05) is 12.2 Å². The zero-order valence-electron chi connectivity index (χ0n) is 14.6. The van der Waals surface area contributed by atoms with Gasteiger partial charge in [-0.3, -0.25) is 9.79 Å². The third kappa shape index (κ3) is 7.94. The van der Waals surface area contributed by atoms with Crippen LogP contribution in [0.4, 0.5) is 23.2 Å². The number of nitrogens with zero attached hydrogens (tertiary/aromatic N) is 1. The lowest BCUT2D eigenvalue weighted by Crippen LogP contribution is -2.29. The lowest BCUT2D eigenvalue weighted by atomic mass is 10.1. The number of guanidine groups is 1. The first-order chi connectivity index (χ1) is 13.2. The van der Waals surface area contributed by atoms with Gasteiger partial charge in [0.15, 0.2) is 5.96 Å². The Kier molecular flexibility index (Phi) is 7.19. The molecule has 28 heavy (non-hydrogen) atoms. The van der Waals surface area contributed by atoms with E-state index >= 15 is 0 Å². The van der Waals surface area contributed by atoms with Crippen molar-refractivity contribution in [3.8, 4) is 5.75 Å². The number of nitrogens with two attached hydrogens (primary N) is 1. The molecule has 4 N–H and O–H groups in total. The Balaban J connectivity index is 1.72. The number of amides is 1. The van der Waals surface area contributed by atoms with Crippen LogP contribution in [0.25, 0.3) is 0 Å². The van der Waals surface area contributed by atoms with Crippen molar-refractivity contribution in [2.75, 3.05) is 18.4 Å². The van der Waals surface area contributed by atoms with Crippen LogP contribution in [0.2, 0.25) is 0 Å². The molecule has 0 radical (unpaired) electrons. The Morgan fingerprint density at radius 2 is 1.71 bits per heavy atom. The molecule has 0 aromatic heterocycles. The van der Waals surface area contributed by atoms with E-state index in [2.05, 4.69) is 20.4 Å². The van der Waals surface area contributed by atoms with E-state index in [1.54, 1.807) is 0 Å². The molecule has 0 saturated carbocycles. The summed E-state index contributed by atoms with van der Waals surface area (Å²) in [6, 6.07) is 10.6. The summed E-state index contributed by atoms with van der Waals surface area (Å²) >= 11 is 0. The number of benzene rings is 2. The van der Waals surface area contributed by atoms with Gasteiger partial charge in [-0.1, -0.05) is 12.1 Å². The Morgan fingerprint density at radius 3 is 2.32 bits per heavy atom. The van der Waals surface area contributed by atoms with Crippen LogP contribution >= 0.6 is 0 Å². The van der Waals surface area contributed by atoms with Crippen molar-refractivity contribution >= 4 is 17.6 Å². The molecule has 0 unspecified atom stereocenters. The maximum Gasteiger partial charge on any atom is 0.573 e. The predicted octanol–water partition coefficient (Wildman–Crippen LogP) is 2.81. The Bertz CT molecular complexity index is 806. The molecule has 0 spiro atoms. The second kappa shape index (κ2) is 9.58. The van der Waals surface area contributed by atoms with Crippen molar-refractivity contribution in [1.29, 1.82) is 0 Å². The van der Waals surface area contributed by atoms with Crippen LogP contribution in [0.1, 0.15) is 5.56 Å². The van der Waals surface area contributed by atoms with Gasteiger partial charge >= 0.3 is 6.36 Å². The van der Waals surface area contributed by atoms with Crippen LogP contribution in [-0.2, 0) is 11.2 Å². The van der Waals surface area contributed by atoms with E-state index in [0.29, 0.717) is 11.3 Å². The highest BCUT2D eigenvalue weighted by Gasteiger charge is 2.30. The molecular weight excluding hydrogens is 380 g/mol. The Hall–Kier alpha value is -3.30. The summed E-state index contributed by atoms with van der Waals surface area (Å²) < 4.78 is 52.9. The third-order valence-corrected chi connectivity index (χ3v) is 3.35. The molecule has 0 atom stereocenters. The lowest BCUT2D eigenvalue weighted by Gasteiger charge is -2.10. The van der Waals surface area contributed by atoms with Crippen molar-refractivity contribution in [3.63, 3.8) is 0 Å². The topological polar surface area (TPSA) is 88.7 Å². The molecule has 0 heterocycles. The molecule has 150 valence electrons. The first-order valence-electron chi connectivity index (χ1n) is 8.15. The number of alkyl halides is 3. The smallest absolute Gasteiger partial charge is 0.406 e. The Labute approximate surface area is 158 Å². The SMILES string of the molecule is NC(=NCCNC(=O)Cc1ccc(F)cc1)Nc1ccc(OC(F)(F)F)cc1. The summed E-state index contributed by atoms with van der Waals surface area (Å²) in [7, 11) is 0. The summed E-state index contributed by atoms with van der Waals surface area (Å²) in [5.74, 6) is -0.924. The van der Waals surface area contributed by atoms with Crippen molar-refractivity contribution < 1.29 is 27.1 Å². The summed E-state index contributed by atoms with van der Waals surface area (Å²) in [5.41, 5.74) is 6.79. The van der Waals surface area contributed by atoms with Crippen molar-refractivity contribution in [2.24, 2.45) is 10.7 Å². The number of ether oxygens (including phenoxy) is 1. The van der Waals surface area contributed by atoms with Gasteiger partial charge in [0.2, 0.25) is 5.91 Å². The van der Waals surface area contributed by atoms with E-state index in [0.717, 1.165) is 12.1 Å². The number of hydrogen-bond acceptors (Lipinski definition) is 3. The zero-order chi connectivity index (χ0) is 20.6. The molecule has 0 aliphatic carbocycles. The van der Waals surface area contributed by atoms with Crippen molar-refractivity contribution in [1.82, 2.24) is 5.32 Å². The number of rotatable bonds is 7. The van der Waals surface area contributed by atoms with Crippen LogP contribution in [0.5, 0.6) is 5.75 Å². The molecule has 0 saturated heterocycles. The van der Waals surface area contributed by atoms with E-state index in [4.69, 9.17) is 5.73 Å². The number of nitrogens with one attached hydrogen (secondary N) is 2. The maximum atomic E-state index is 12.8. The predicted molar refractivity (Wildman–Crippen MR) is 96.4 cm³/mol. The fraction of sp³-hybridized carbons (Fsp3) is 0.222. The minimum absolute atomic E-state index is 0.0391. The van der Waals surface area contributed by atoms with Crippen molar-refractivity contribution in [2.45, 2.75) is 12.8 Å². The molecule has 1 amide bonds. The average Bonchev–Trinajstić information content (AvgIpc) is 2.61. The largest absolute Gasteiger partial charge is 0.573 e. The number of hydrogen-bond donors (Lipinski definition) is 3. The molecule has 2 rings (SSSR count). The summed E-state index contributed by atoms with van der Waals surface area (Å²) in [5, 5.41) is 5.36. The molecule has 0 fully saturated rings. The van der Waals surface area contributed by atoms with Gasteiger partial charge in [0.1, 0.15) is 11.6 Å². The number of carbonyl (C=O) groups is 1. The molecule has 0 aliphatic heterocycles. The normalized spacial score (nSPS) is 11.8. The number of halogens is 4. The first-order valence-corrected chi connectivity index (χ1v) is 8.15. The lowest BCUT2D eigenvalue weighted by molar-refractivity contribution is -0.274. The van der Waals surface area contributed by atoms with Crippen LogP contribution in [0.15, 0.2) is 53.5 Å². The quantitative estimate of drug-likeness (QED) is 0.290. The second-order valence-electron chi connectivity index (χ2n) is 5.62. The molecule has 10 heteroatoms. The molecule has 2 aromatic rings. The van der Waals surface area contributed by atoms with Crippen LogP contribution < -0.4 is 21.1 Å². The van der Waals surface area contributed by atoms with E-state index in [9.17, 15) is 22.4 Å². The van der Waals surface area contributed by atoms with E-state index in [1.807, 2.05) is 0 Å². The van der Waals surface area contributed by atoms with Gasteiger partial charge in [-0.2, -0.15) is 0 Å². The molecule has 0 aliphatic rings. The first kappa shape index (κ1) is 21.0. The zero-order valence-corrected chi connectivity index (χ0v) is 14.6. The monoisotopic (exact) mass is 398 g/mol. The third-order valence-electron chi connectivity index (χ3n) is 3.35. The highest BCUT2D eigenvalue weighted by Crippen LogP contribution is 2.23. The minimum Gasteiger partial charge on any atom is -0.406 e. The standard InChI is InChI=1S/C18H18F4N4O2/c19-13-3-1-12(2-4-13)11-16(27)24-9-10-25-17(23)26-14-5-7-15(8-6-14)28-18(20,21)22/h1-8H,9-11H2,(H,24,27)(H3,23,25,26). The fourth-order valence-corrected chi connectivity index (χ4v) is 2.15. The number of carbonyl (C=O) groups excluding carboxylic acids is 1. The van der Waals surface area contributed by atoms with Crippen LogP contribution in [-0.4, -0.2) is 31.3 Å². The van der Waals surface area contributed by atoms with Gasteiger partial charge in [-0.15, -0.1) is 13.2 Å². The highest BCUT2D eigenvalue weighted by atomic mass is 19.4. The maximum absolute atomic E-state index is 12.8. The second-order valence-corrected chi connectivity index (χ2v) is 5.62. The Morgan fingerprint density at radius 1 is 1.07 bits per heavy atom. The average molecular weight is 398 g/mol. The van der Waals surface area contributed by atoms with Crippen LogP contribution in [0.3, 0.4) is 0 Å². The van der Waals surface area contributed by atoms with Gasteiger partial charge in [0.05, 0.1) is 13.0 Å². The van der Waals surface area contributed by atoms with Gasteiger partial charge < -0.3 is 21.1 Å². The van der Waals surface area contributed by atoms with Crippen LogP contribution in [0, 0.1) is 5.82 Å². The van der Waals surface area contributed by atoms with Gasteiger partial charge in [0.25, 0.3) is 0 Å². The molecule has 0 bridgehead atoms. The van der Waals surface area contributed by atoms with Gasteiger partial charge in [-0.05, 0) is 42.0 Å². The molecular formula is C18H18F4N4O2. The van der Waals surface area contributed by atoms with Gasteiger partial charge in [-0.25, -0.2) is 4.39 Å². The highest BCUT2D eigenvalue weighted by molar-refractivity contribution is 5.92. The fourth-order valence-electron chi connectivity index (χ4n) is 2.15. The van der Waals surface area contributed by atoms with E-state index in [1.165, 1.54) is 36.4 Å². The number of aliphatic imine (C=N–C) groups is 1. The number of anilines is 1. The molecule has 2 aromatic carbocycles. The van der Waals surface area contributed by atoms with E-state index < -0.39 is 6.36 Å². The van der Waals surface area contributed by atoms with Crippen molar-refractivity contribution in [3.05, 3.63) is 59.9 Å². The minimum atomic E-state index is -4.75. The van der Waals surface area contributed by atoms with E-state index in [-0.39, 0.29) is 42.9 Å². The summed E-state index contributed by atoms with van der Waals surface area (Å²) in [4.78, 5) is 15.8. The molecule has 6 nitrogen and oxygen atoms in total. The summed E-state index contributed by atoms with van der Waals surface area (Å²) in [6.07, 6.45) is -4.64.